The second kappa shape index (κ2) is 6.56. The Hall–Kier alpha value is -2.56. The van der Waals surface area contributed by atoms with Crippen molar-refractivity contribution in [1.29, 1.82) is 0 Å². The van der Waals surface area contributed by atoms with E-state index < -0.39 is 5.97 Å². The number of amides is 1. The lowest BCUT2D eigenvalue weighted by Gasteiger charge is -2.09. The van der Waals surface area contributed by atoms with Gasteiger partial charge in [0.25, 0.3) is 5.91 Å². The van der Waals surface area contributed by atoms with E-state index in [-0.39, 0.29) is 18.9 Å². The largest absolute Gasteiger partial charge is 0.481 e. The summed E-state index contributed by atoms with van der Waals surface area (Å²) in [6.07, 6.45) is 1.75. The smallest absolute Gasteiger partial charge is 0.305 e. The standard InChI is InChI=1S/C15H16N2O3/c18-14(19)8-9-16-15(20)13-7-4-10-17(13)11-12-5-2-1-3-6-12/h1-7,10H,8-9,11H2,(H,16,20)(H,18,19). The number of carboxylic acids is 1. The van der Waals surface area contributed by atoms with Crippen molar-refractivity contribution in [2.24, 2.45) is 0 Å². The molecule has 0 saturated carbocycles. The van der Waals surface area contributed by atoms with E-state index in [9.17, 15) is 9.59 Å². The highest BCUT2D eigenvalue weighted by atomic mass is 16.4. The summed E-state index contributed by atoms with van der Waals surface area (Å²) >= 11 is 0. The van der Waals surface area contributed by atoms with Crippen molar-refractivity contribution < 1.29 is 14.7 Å². The van der Waals surface area contributed by atoms with E-state index in [1.807, 2.05) is 41.1 Å². The Morgan fingerprint density at radius 1 is 1.10 bits per heavy atom. The van der Waals surface area contributed by atoms with E-state index in [1.165, 1.54) is 0 Å². The van der Waals surface area contributed by atoms with E-state index >= 15 is 0 Å². The summed E-state index contributed by atoms with van der Waals surface area (Å²) < 4.78 is 1.84. The van der Waals surface area contributed by atoms with Crippen molar-refractivity contribution in [1.82, 2.24) is 9.88 Å². The van der Waals surface area contributed by atoms with E-state index in [2.05, 4.69) is 5.32 Å². The van der Waals surface area contributed by atoms with Crippen molar-refractivity contribution in [3.8, 4) is 0 Å². The number of nitrogens with one attached hydrogen (secondary N) is 1. The Kier molecular flexibility index (Phi) is 4.55. The molecule has 0 saturated heterocycles. The normalized spacial score (nSPS) is 10.2. The zero-order chi connectivity index (χ0) is 14.4. The van der Waals surface area contributed by atoms with Gasteiger partial charge in [-0.2, -0.15) is 0 Å². The molecule has 0 unspecified atom stereocenters. The molecule has 2 aromatic rings. The fourth-order valence-corrected chi connectivity index (χ4v) is 1.91. The van der Waals surface area contributed by atoms with Crippen molar-refractivity contribution >= 4 is 11.9 Å². The number of carboxylic acid groups (broad SMARTS) is 1. The number of carbonyl (C=O) groups excluding carboxylic acids is 1. The highest BCUT2D eigenvalue weighted by Crippen LogP contribution is 2.07. The van der Waals surface area contributed by atoms with Gasteiger partial charge in [0.05, 0.1) is 6.42 Å². The van der Waals surface area contributed by atoms with Gasteiger partial charge in [0.1, 0.15) is 5.69 Å². The van der Waals surface area contributed by atoms with E-state index in [0.29, 0.717) is 12.2 Å². The van der Waals surface area contributed by atoms with Gasteiger partial charge in [-0.25, -0.2) is 0 Å². The Morgan fingerprint density at radius 2 is 1.85 bits per heavy atom. The maximum Gasteiger partial charge on any atom is 0.305 e. The van der Waals surface area contributed by atoms with Crippen LogP contribution in [0, 0.1) is 0 Å². The highest BCUT2D eigenvalue weighted by Gasteiger charge is 2.10. The van der Waals surface area contributed by atoms with E-state index in [0.717, 1.165) is 5.56 Å². The maximum atomic E-state index is 12.0. The monoisotopic (exact) mass is 272 g/mol. The van der Waals surface area contributed by atoms with Crippen molar-refractivity contribution in [2.45, 2.75) is 13.0 Å². The van der Waals surface area contributed by atoms with Gasteiger partial charge >= 0.3 is 5.97 Å². The quantitative estimate of drug-likeness (QED) is 0.841. The maximum absolute atomic E-state index is 12.0. The number of rotatable bonds is 6. The van der Waals surface area contributed by atoms with Crippen molar-refractivity contribution in [2.75, 3.05) is 6.54 Å². The summed E-state index contributed by atoms with van der Waals surface area (Å²) in [5.74, 6) is -1.18. The lowest BCUT2D eigenvalue weighted by molar-refractivity contribution is -0.136. The molecule has 0 bridgehead atoms. The van der Waals surface area contributed by atoms with Gasteiger partial charge in [0.15, 0.2) is 0 Å². The zero-order valence-electron chi connectivity index (χ0n) is 11.0. The molecule has 0 atom stereocenters. The van der Waals surface area contributed by atoms with Gasteiger partial charge in [0.2, 0.25) is 0 Å². The third-order valence-corrected chi connectivity index (χ3v) is 2.88. The van der Waals surface area contributed by atoms with Crippen LogP contribution >= 0.6 is 0 Å². The minimum absolute atomic E-state index is 0.0782. The van der Waals surface area contributed by atoms with Crippen molar-refractivity contribution in [3.05, 3.63) is 59.9 Å². The molecule has 1 aromatic heterocycles. The van der Waals surface area contributed by atoms with Gasteiger partial charge in [-0.1, -0.05) is 30.3 Å². The summed E-state index contributed by atoms with van der Waals surface area (Å²) in [6, 6.07) is 13.3. The Morgan fingerprint density at radius 3 is 2.55 bits per heavy atom. The van der Waals surface area contributed by atoms with Gasteiger partial charge in [0, 0.05) is 19.3 Å². The Balaban J connectivity index is 2.01. The number of hydrogen-bond donors (Lipinski definition) is 2. The van der Waals surface area contributed by atoms with Gasteiger partial charge in [-0.3, -0.25) is 9.59 Å². The second-order valence-electron chi connectivity index (χ2n) is 4.41. The number of hydrogen-bond acceptors (Lipinski definition) is 2. The molecule has 1 heterocycles. The first-order valence-corrected chi connectivity index (χ1v) is 6.36. The summed E-state index contributed by atoms with van der Waals surface area (Å²) in [4.78, 5) is 22.4. The molecule has 0 aliphatic carbocycles. The average Bonchev–Trinajstić information content (AvgIpc) is 2.87. The van der Waals surface area contributed by atoms with E-state index in [4.69, 9.17) is 5.11 Å². The molecule has 0 radical (unpaired) electrons. The molecule has 5 heteroatoms. The topological polar surface area (TPSA) is 71.3 Å². The van der Waals surface area contributed by atoms with Crippen LogP contribution in [-0.2, 0) is 11.3 Å². The third-order valence-electron chi connectivity index (χ3n) is 2.88. The minimum atomic E-state index is -0.926. The lowest BCUT2D eigenvalue weighted by atomic mass is 10.2. The number of aliphatic carboxylic acids is 1. The minimum Gasteiger partial charge on any atom is -0.481 e. The van der Waals surface area contributed by atoms with Crippen LogP contribution in [0.5, 0.6) is 0 Å². The zero-order valence-corrected chi connectivity index (χ0v) is 11.0. The highest BCUT2D eigenvalue weighted by molar-refractivity contribution is 5.92. The molecular formula is C15H16N2O3. The molecule has 1 amide bonds. The molecule has 20 heavy (non-hydrogen) atoms. The number of carbonyl (C=O) groups is 2. The fourth-order valence-electron chi connectivity index (χ4n) is 1.91. The van der Waals surface area contributed by atoms with Crippen LogP contribution in [-0.4, -0.2) is 28.1 Å². The van der Waals surface area contributed by atoms with Gasteiger partial charge < -0.3 is 15.0 Å². The summed E-state index contributed by atoms with van der Waals surface area (Å²) in [7, 11) is 0. The molecule has 2 rings (SSSR count). The molecule has 0 aliphatic heterocycles. The van der Waals surface area contributed by atoms with Crippen LogP contribution in [0.25, 0.3) is 0 Å². The molecule has 5 nitrogen and oxygen atoms in total. The van der Waals surface area contributed by atoms with Crippen LogP contribution in [0.1, 0.15) is 22.5 Å². The SMILES string of the molecule is O=C(O)CCNC(=O)c1cccn1Cc1ccccc1. The van der Waals surface area contributed by atoms with Crippen LogP contribution in [0.3, 0.4) is 0 Å². The number of benzene rings is 1. The lowest BCUT2D eigenvalue weighted by Crippen LogP contribution is -2.28. The first-order valence-electron chi connectivity index (χ1n) is 6.36. The van der Waals surface area contributed by atoms with Gasteiger partial charge in [-0.05, 0) is 17.7 Å². The van der Waals surface area contributed by atoms with Crippen molar-refractivity contribution in [3.63, 3.8) is 0 Å². The predicted octanol–water partition coefficient (Wildman–Crippen LogP) is 1.74. The first-order chi connectivity index (χ1) is 9.66. The van der Waals surface area contributed by atoms with E-state index in [1.54, 1.807) is 12.1 Å². The van der Waals surface area contributed by atoms with Crippen LogP contribution in [0.15, 0.2) is 48.7 Å². The number of aromatic nitrogens is 1. The fraction of sp³-hybridized carbons (Fsp3) is 0.200. The van der Waals surface area contributed by atoms with Crippen LogP contribution in [0.4, 0.5) is 0 Å². The second-order valence-corrected chi connectivity index (χ2v) is 4.41. The molecule has 2 N–H and O–H groups in total. The number of nitrogens with zero attached hydrogens (tertiary/aromatic N) is 1. The third kappa shape index (κ3) is 3.71. The summed E-state index contributed by atoms with van der Waals surface area (Å²) in [5.41, 5.74) is 1.63. The molecule has 0 fully saturated rings. The molecular weight excluding hydrogens is 256 g/mol. The van der Waals surface area contributed by atoms with Crippen LogP contribution < -0.4 is 5.32 Å². The first kappa shape index (κ1) is 13.9. The Bertz CT molecular complexity index is 590. The predicted molar refractivity (Wildman–Crippen MR) is 74.6 cm³/mol. The molecule has 104 valence electrons. The molecule has 1 aromatic carbocycles. The van der Waals surface area contributed by atoms with Crippen LogP contribution in [0.2, 0.25) is 0 Å². The Labute approximate surface area is 116 Å². The van der Waals surface area contributed by atoms with Gasteiger partial charge in [-0.15, -0.1) is 0 Å². The molecule has 0 spiro atoms. The summed E-state index contributed by atoms with van der Waals surface area (Å²) in [6.45, 7) is 0.736. The summed E-state index contributed by atoms with van der Waals surface area (Å²) in [5, 5.41) is 11.2. The molecule has 0 aliphatic rings. The average molecular weight is 272 g/mol.